The number of carboxylic acids is 1. The van der Waals surface area contributed by atoms with E-state index in [1.165, 1.54) is 16.7 Å². The van der Waals surface area contributed by atoms with E-state index in [1.54, 1.807) is 4.68 Å². The fourth-order valence-corrected chi connectivity index (χ4v) is 4.49. The minimum atomic E-state index is -1.09. The highest BCUT2D eigenvalue weighted by Crippen LogP contribution is 2.32. The second-order valence-corrected chi connectivity index (χ2v) is 8.55. The van der Waals surface area contributed by atoms with E-state index in [0.29, 0.717) is 23.7 Å². The molecular weight excluding hydrogens is 448 g/mol. The second-order valence-electron chi connectivity index (χ2n) is 7.71. The summed E-state index contributed by atoms with van der Waals surface area (Å²) < 4.78 is 1.63. The predicted octanol–water partition coefficient (Wildman–Crippen LogP) is 5.42. The first kappa shape index (κ1) is 21.5. The monoisotopic (exact) mass is 468 g/mol. The number of hydrogen-bond donors (Lipinski definition) is 2. The largest absolute Gasteiger partial charge is 0.476 e. The van der Waals surface area contributed by atoms with E-state index in [0.717, 1.165) is 27.7 Å². The Labute approximate surface area is 199 Å². The van der Waals surface area contributed by atoms with Gasteiger partial charge in [0.25, 0.3) is 0 Å². The van der Waals surface area contributed by atoms with E-state index >= 15 is 0 Å². The number of amides is 1. The van der Waals surface area contributed by atoms with Crippen LogP contribution in [0.1, 0.15) is 22.5 Å². The summed E-state index contributed by atoms with van der Waals surface area (Å²) in [4.78, 5) is 28.1. The number of carbonyl (C=O) groups excluding carboxylic acids is 1. The number of carbonyl (C=O) groups is 2. The highest BCUT2D eigenvalue weighted by atomic mass is 32.1. The fourth-order valence-electron chi connectivity index (χ4n) is 3.73. The van der Waals surface area contributed by atoms with Gasteiger partial charge >= 0.3 is 5.97 Å². The van der Waals surface area contributed by atoms with Crippen LogP contribution >= 0.6 is 11.3 Å². The molecule has 7 nitrogen and oxygen atoms in total. The second kappa shape index (κ2) is 9.29. The molecule has 0 saturated carbocycles. The summed E-state index contributed by atoms with van der Waals surface area (Å²) in [7, 11) is 0. The van der Waals surface area contributed by atoms with Gasteiger partial charge in [-0.1, -0.05) is 60.7 Å². The van der Waals surface area contributed by atoms with E-state index in [4.69, 9.17) is 5.10 Å². The molecule has 0 aliphatic heterocycles. The molecule has 34 heavy (non-hydrogen) atoms. The number of anilines is 1. The normalized spacial score (nSPS) is 10.9. The summed E-state index contributed by atoms with van der Waals surface area (Å²) in [6.45, 7) is 0. The van der Waals surface area contributed by atoms with Crippen LogP contribution < -0.4 is 5.32 Å². The summed E-state index contributed by atoms with van der Waals surface area (Å²) in [5.41, 5.74) is 4.13. The molecule has 0 unspecified atom stereocenters. The molecule has 2 N–H and O–H groups in total. The molecule has 168 valence electrons. The Hall–Kier alpha value is -4.30. The first-order valence-electron chi connectivity index (χ1n) is 10.7. The number of aromatic nitrogens is 3. The number of aromatic carboxylic acids is 1. The SMILES string of the molecule is O=C(CCc1ccccc1)Nc1ccc2c(-c3ccccc3)nn(-c3nc(C(=O)O)cs3)c2c1. The van der Waals surface area contributed by atoms with Crippen LogP contribution in [-0.4, -0.2) is 31.7 Å². The summed E-state index contributed by atoms with van der Waals surface area (Å²) >= 11 is 1.20. The molecule has 2 aromatic heterocycles. The molecule has 0 aliphatic carbocycles. The molecule has 5 rings (SSSR count). The Balaban J connectivity index is 1.49. The average Bonchev–Trinajstić information content (AvgIpc) is 3.49. The van der Waals surface area contributed by atoms with Crippen molar-refractivity contribution in [2.24, 2.45) is 0 Å². The number of hydrogen-bond acceptors (Lipinski definition) is 5. The number of nitrogens with one attached hydrogen (secondary N) is 1. The lowest BCUT2D eigenvalue weighted by molar-refractivity contribution is -0.116. The Morgan fingerprint density at radius 3 is 2.41 bits per heavy atom. The molecule has 0 bridgehead atoms. The van der Waals surface area contributed by atoms with Gasteiger partial charge in [0.15, 0.2) is 5.69 Å². The molecule has 0 spiro atoms. The van der Waals surface area contributed by atoms with Crippen LogP contribution in [0.25, 0.3) is 27.3 Å². The van der Waals surface area contributed by atoms with Crippen molar-refractivity contribution in [2.75, 3.05) is 5.32 Å². The first-order chi connectivity index (χ1) is 16.6. The average molecular weight is 469 g/mol. The Kier molecular flexibility index (Phi) is 5.88. The van der Waals surface area contributed by atoms with Crippen LogP contribution in [0.5, 0.6) is 0 Å². The maximum absolute atomic E-state index is 12.6. The third kappa shape index (κ3) is 4.44. The van der Waals surface area contributed by atoms with Crippen molar-refractivity contribution >= 4 is 39.8 Å². The molecule has 0 atom stereocenters. The summed E-state index contributed by atoms with van der Waals surface area (Å²) in [5.74, 6) is -1.17. The van der Waals surface area contributed by atoms with Gasteiger partial charge in [-0.2, -0.15) is 5.10 Å². The van der Waals surface area contributed by atoms with Crippen LogP contribution in [0.2, 0.25) is 0 Å². The highest BCUT2D eigenvalue weighted by molar-refractivity contribution is 7.12. The van der Waals surface area contributed by atoms with Crippen molar-refractivity contribution in [1.29, 1.82) is 0 Å². The molecule has 8 heteroatoms. The van der Waals surface area contributed by atoms with E-state index in [-0.39, 0.29) is 11.6 Å². The molecule has 0 saturated heterocycles. The maximum atomic E-state index is 12.6. The number of thiazole rings is 1. The number of fused-ring (bicyclic) bond motifs is 1. The summed E-state index contributed by atoms with van der Waals surface area (Å²) in [5, 5.41) is 19.8. The van der Waals surface area contributed by atoms with E-state index in [2.05, 4.69) is 10.3 Å². The van der Waals surface area contributed by atoms with Gasteiger partial charge < -0.3 is 10.4 Å². The minimum Gasteiger partial charge on any atom is -0.476 e. The Morgan fingerprint density at radius 2 is 1.71 bits per heavy atom. The van der Waals surface area contributed by atoms with Gasteiger partial charge in [-0.05, 0) is 30.2 Å². The number of aryl methyl sites for hydroxylation is 1. The predicted molar refractivity (Wildman–Crippen MR) is 133 cm³/mol. The van der Waals surface area contributed by atoms with Crippen LogP contribution in [-0.2, 0) is 11.2 Å². The number of rotatable bonds is 7. The van der Waals surface area contributed by atoms with Crippen LogP contribution in [0, 0.1) is 0 Å². The standard InChI is InChI=1S/C26H20N4O3S/c31-23(14-11-17-7-3-1-4-8-17)27-19-12-13-20-22(15-19)30(26-28-21(16-34-26)25(32)33)29-24(20)18-9-5-2-6-10-18/h1-10,12-13,15-16H,11,14H2,(H,27,31)(H,32,33). The minimum absolute atomic E-state index is 0.0321. The molecule has 3 aromatic carbocycles. The van der Waals surface area contributed by atoms with Crippen LogP contribution in [0.15, 0.2) is 84.2 Å². The lowest BCUT2D eigenvalue weighted by Gasteiger charge is -2.07. The van der Waals surface area contributed by atoms with E-state index in [9.17, 15) is 14.7 Å². The summed E-state index contributed by atoms with van der Waals surface area (Å²) in [6.07, 6.45) is 1.02. The third-order valence-corrected chi connectivity index (χ3v) is 6.20. The van der Waals surface area contributed by atoms with E-state index in [1.807, 2.05) is 78.9 Å². The fraction of sp³-hybridized carbons (Fsp3) is 0.0769. The van der Waals surface area contributed by atoms with Crippen LogP contribution in [0.3, 0.4) is 0 Å². The van der Waals surface area contributed by atoms with Gasteiger partial charge in [-0.15, -0.1) is 11.3 Å². The van der Waals surface area contributed by atoms with Crippen molar-refractivity contribution in [1.82, 2.24) is 14.8 Å². The van der Waals surface area contributed by atoms with Crippen LogP contribution in [0.4, 0.5) is 5.69 Å². The highest BCUT2D eigenvalue weighted by Gasteiger charge is 2.18. The lowest BCUT2D eigenvalue weighted by Crippen LogP contribution is -2.12. The van der Waals surface area contributed by atoms with Crippen molar-refractivity contribution in [3.63, 3.8) is 0 Å². The van der Waals surface area contributed by atoms with Gasteiger partial charge in [-0.25, -0.2) is 14.5 Å². The lowest BCUT2D eigenvalue weighted by atomic mass is 10.1. The van der Waals surface area contributed by atoms with Crippen molar-refractivity contribution in [2.45, 2.75) is 12.8 Å². The quantitative estimate of drug-likeness (QED) is 0.332. The van der Waals surface area contributed by atoms with Crippen molar-refractivity contribution < 1.29 is 14.7 Å². The van der Waals surface area contributed by atoms with Gasteiger partial charge in [0, 0.05) is 28.4 Å². The molecule has 2 heterocycles. The summed E-state index contributed by atoms with van der Waals surface area (Å²) in [6, 6.07) is 25.2. The molecule has 5 aromatic rings. The number of carboxylic acid groups (broad SMARTS) is 1. The number of nitrogens with zero attached hydrogens (tertiary/aromatic N) is 3. The third-order valence-electron chi connectivity index (χ3n) is 5.39. The Morgan fingerprint density at radius 1 is 0.971 bits per heavy atom. The zero-order valence-corrected chi connectivity index (χ0v) is 18.8. The smallest absolute Gasteiger partial charge is 0.355 e. The molecular formula is C26H20N4O3S. The molecule has 0 radical (unpaired) electrons. The molecule has 1 amide bonds. The molecule has 0 aliphatic rings. The zero-order valence-electron chi connectivity index (χ0n) is 18.0. The van der Waals surface area contributed by atoms with Gasteiger partial charge in [0.2, 0.25) is 11.0 Å². The van der Waals surface area contributed by atoms with Gasteiger partial charge in [0.1, 0.15) is 5.69 Å². The first-order valence-corrected chi connectivity index (χ1v) is 11.6. The van der Waals surface area contributed by atoms with Crippen molar-refractivity contribution in [3.05, 3.63) is 95.5 Å². The van der Waals surface area contributed by atoms with Gasteiger partial charge in [-0.3, -0.25) is 4.79 Å². The van der Waals surface area contributed by atoms with Gasteiger partial charge in [0.05, 0.1) is 5.52 Å². The topological polar surface area (TPSA) is 97.1 Å². The maximum Gasteiger partial charge on any atom is 0.355 e. The van der Waals surface area contributed by atoms with E-state index < -0.39 is 5.97 Å². The Bertz CT molecular complexity index is 1480. The molecule has 0 fully saturated rings. The van der Waals surface area contributed by atoms with Crippen molar-refractivity contribution in [3.8, 4) is 16.4 Å². The number of benzene rings is 3. The zero-order chi connectivity index (χ0) is 23.5.